The van der Waals surface area contributed by atoms with Crippen LogP contribution in [0, 0.1) is 0 Å². The third kappa shape index (κ3) is 2.18. The van der Waals surface area contributed by atoms with Gasteiger partial charge in [-0.2, -0.15) is 0 Å². The molecule has 0 spiro atoms. The summed E-state index contributed by atoms with van der Waals surface area (Å²) < 4.78 is 0. The Morgan fingerprint density at radius 3 is 2.85 bits per heavy atom. The Labute approximate surface area is 77.6 Å². The quantitative estimate of drug-likeness (QED) is 0.742. The summed E-state index contributed by atoms with van der Waals surface area (Å²) in [4.78, 5) is 17.0. The molecule has 0 aliphatic carbocycles. The van der Waals surface area contributed by atoms with Crippen molar-refractivity contribution in [1.82, 2.24) is 10.3 Å². The summed E-state index contributed by atoms with van der Waals surface area (Å²) in [6, 6.07) is 5.34. The average Bonchev–Trinajstić information content (AvgIpc) is 2.20. The number of rotatable bonds is 2. The number of nitrogens with one attached hydrogen (secondary N) is 1. The van der Waals surface area contributed by atoms with Crippen LogP contribution in [0.2, 0.25) is 0 Å². The summed E-state index contributed by atoms with van der Waals surface area (Å²) in [5.41, 5.74) is 0. The van der Waals surface area contributed by atoms with Crippen molar-refractivity contribution in [2.75, 3.05) is 18.5 Å². The van der Waals surface area contributed by atoms with Gasteiger partial charge in [-0.05, 0) is 19.1 Å². The number of hydrogen-bond acceptors (Lipinski definition) is 2. The van der Waals surface area contributed by atoms with E-state index >= 15 is 0 Å². The van der Waals surface area contributed by atoms with Crippen molar-refractivity contribution in [1.29, 1.82) is 0 Å². The first-order valence-corrected chi connectivity index (χ1v) is 4.20. The topological polar surface area (TPSA) is 45.2 Å². The van der Waals surface area contributed by atoms with E-state index in [9.17, 15) is 4.79 Å². The Hall–Kier alpha value is -1.58. The van der Waals surface area contributed by atoms with Crippen molar-refractivity contribution < 1.29 is 4.79 Å². The Balaban J connectivity index is 2.85. The van der Waals surface area contributed by atoms with Crippen LogP contribution in [0.3, 0.4) is 0 Å². The molecule has 0 saturated carbocycles. The number of nitrogens with zero attached hydrogens (tertiary/aromatic N) is 2. The van der Waals surface area contributed by atoms with E-state index < -0.39 is 0 Å². The normalized spacial score (nSPS) is 9.38. The van der Waals surface area contributed by atoms with E-state index in [-0.39, 0.29) is 6.03 Å². The largest absolute Gasteiger partial charge is 0.341 e. The van der Waals surface area contributed by atoms with Gasteiger partial charge in [-0.15, -0.1) is 0 Å². The Morgan fingerprint density at radius 2 is 2.38 bits per heavy atom. The number of pyridine rings is 1. The molecule has 0 aromatic carbocycles. The minimum atomic E-state index is -0.138. The Morgan fingerprint density at radius 1 is 1.62 bits per heavy atom. The summed E-state index contributed by atoms with van der Waals surface area (Å²) >= 11 is 0. The molecule has 0 unspecified atom stereocenters. The lowest BCUT2D eigenvalue weighted by atomic mass is 10.4. The second-order valence-corrected chi connectivity index (χ2v) is 2.49. The van der Waals surface area contributed by atoms with E-state index in [2.05, 4.69) is 10.3 Å². The highest BCUT2D eigenvalue weighted by atomic mass is 16.2. The van der Waals surface area contributed by atoms with Gasteiger partial charge in [0.1, 0.15) is 5.82 Å². The van der Waals surface area contributed by atoms with Crippen molar-refractivity contribution in [2.45, 2.75) is 6.92 Å². The first-order valence-electron chi connectivity index (χ1n) is 4.20. The van der Waals surface area contributed by atoms with Crippen molar-refractivity contribution in [3.05, 3.63) is 24.4 Å². The Bertz CT molecular complexity index is 273. The molecular weight excluding hydrogens is 166 g/mol. The smallest absolute Gasteiger partial charge is 0.322 e. The van der Waals surface area contributed by atoms with Gasteiger partial charge in [-0.1, -0.05) is 6.07 Å². The zero-order valence-electron chi connectivity index (χ0n) is 7.82. The lowest BCUT2D eigenvalue weighted by Crippen LogP contribution is -2.38. The number of hydrogen-bond donors (Lipinski definition) is 1. The van der Waals surface area contributed by atoms with Crippen molar-refractivity contribution in [2.24, 2.45) is 0 Å². The molecule has 0 saturated heterocycles. The van der Waals surface area contributed by atoms with Gasteiger partial charge in [0.15, 0.2) is 0 Å². The molecule has 0 fully saturated rings. The molecule has 1 aromatic heterocycles. The zero-order valence-corrected chi connectivity index (χ0v) is 7.82. The van der Waals surface area contributed by atoms with E-state index in [1.54, 1.807) is 24.2 Å². The van der Waals surface area contributed by atoms with Crippen LogP contribution in [-0.2, 0) is 0 Å². The van der Waals surface area contributed by atoms with Crippen LogP contribution in [0.1, 0.15) is 6.92 Å². The van der Waals surface area contributed by atoms with Gasteiger partial charge in [-0.3, -0.25) is 4.90 Å². The summed E-state index contributed by atoms with van der Waals surface area (Å²) in [7, 11) is 1.61. The third-order valence-electron chi connectivity index (χ3n) is 1.70. The highest BCUT2D eigenvalue weighted by Crippen LogP contribution is 2.08. The summed E-state index contributed by atoms with van der Waals surface area (Å²) in [5, 5.41) is 2.56. The summed E-state index contributed by atoms with van der Waals surface area (Å²) in [5.74, 6) is 0.671. The van der Waals surface area contributed by atoms with Crippen LogP contribution in [0.5, 0.6) is 0 Å². The lowest BCUT2D eigenvalue weighted by molar-refractivity contribution is 0.248. The molecular formula is C9H13N3O. The van der Waals surface area contributed by atoms with Gasteiger partial charge < -0.3 is 5.32 Å². The molecule has 1 rings (SSSR count). The molecule has 4 nitrogen and oxygen atoms in total. The Kier molecular flexibility index (Phi) is 3.25. The van der Waals surface area contributed by atoms with Crippen LogP contribution < -0.4 is 10.2 Å². The molecule has 1 aromatic rings. The highest BCUT2D eigenvalue weighted by molar-refractivity contribution is 5.90. The number of carbonyl (C=O) groups excluding carboxylic acids is 1. The van der Waals surface area contributed by atoms with E-state index in [1.807, 2.05) is 19.1 Å². The second kappa shape index (κ2) is 4.45. The van der Waals surface area contributed by atoms with Crippen LogP contribution in [0.25, 0.3) is 0 Å². The summed E-state index contributed by atoms with van der Waals surface area (Å²) in [6.07, 6.45) is 1.67. The number of urea groups is 1. The molecule has 0 aliphatic rings. The number of carbonyl (C=O) groups is 1. The van der Waals surface area contributed by atoms with Crippen LogP contribution in [-0.4, -0.2) is 24.6 Å². The van der Waals surface area contributed by atoms with Crippen LogP contribution in [0.4, 0.5) is 10.6 Å². The molecule has 70 valence electrons. The first kappa shape index (κ1) is 9.51. The fourth-order valence-electron chi connectivity index (χ4n) is 1.06. The van der Waals surface area contributed by atoms with Crippen molar-refractivity contribution in [3.8, 4) is 0 Å². The van der Waals surface area contributed by atoms with Gasteiger partial charge in [0.2, 0.25) is 0 Å². The molecule has 0 radical (unpaired) electrons. The second-order valence-electron chi connectivity index (χ2n) is 2.49. The average molecular weight is 179 g/mol. The third-order valence-corrected chi connectivity index (χ3v) is 1.70. The van der Waals surface area contributed by atoms with Gasteiger partial charge in [0, 0.05) is 19.8 Å². The maximum atomic E-state index is 11.3. The SMILES string of the molecule is CCN(C(=O)NC)c1ccccn1. The molecule has 2 amide bonds. The maximum Gasteiger partial charge on any atom is 0.322 e. The van der Waals surface area contributed by atoms with Gasteiger partial charge >= 0.3 is 6.03 Å². The molecule has 1 heterocycles. The molecule has 4 heteroatoms. The van der Waals surface area contributed by atoms with Gasteiger partial charge in [-0.25, -0.2) is 9.78 Å². The predicted molar refractivity (Wildman–Crippen MR) is 51.7 cm³/mol. The molecule has 1 N–H and O–H groups in total. The highest BCUT2D eigenvalue weighted by Gasteiger charge is 2.11. The molecule has 0 bridgehead atoms. The van der Waals surface area contributed by atoms with E-state index in [4.69, 9.17) is 0 Å². The molecule has 0 atom stereocenters. The number of anilines is 1. The first-order chi connectivity index (χ1) is 6.29. The van der Waals surface area contributed by atoms with Crippen molar-refractivity contribution in [3.63, 3.8) is 0 Å². The zero-order chi connectivity index (χ0) is 9.68. The number of aromatic nitrogens is 1. The monoisotopic (exact) mass is 179 g/mol. The lowest BCUT2D eigenvalue weighted by Gasteiger charge is -2.18. The van der Waals surface area contributed by atoms with Crippen molar-refractivity contribution >= 4 is 11.8 Å². The van der Waals surface area contributed by atoms with Crippen LogP contribution >= 0.6 is 0 Å². The molecule has 13 heavy (non-hydrogen) atoms. The minimum Gasteiger partial charge on any atom is -0.341 e. The van der Waals surface area contributed by atoms with Crippen LogP contribution in [0.15, 0.2) is 24.4 Å². The fourth-order valence-corrected chi connectivity index (χ4v) is 1.06. The summed E-state index contributed by atoms with van der Waals surface area (Å²) in [6.45, 7) is 2.51. The van der Waals surface area contributed by atoms with Gasteiger partial charge in [0.05, 0.1) is 0 Å². The predicted octanol–water partition coefficient (Wildman–Crippen LogP) is 1.25. The standard InChI is InChI=1S/C9H13N3O/c1-3-12(9(13)10-2)8-6-4-5-7-11-8/h4-7H,3H2,1-2H3,(H,10,13). The number of amides is 2. The fraction of sp³-hybridized carbons (Fsp3) is 0.333. The van der Waals surface area contributed by atoms with E-state index in [0.717, 1.165) is 0 Å². The van der Waals surface area contributed by atoms with Gasteiger partial charge in [0.25, 0.3) is 0 Å². The molecule has 0 aliphatic heterocycles. The minimum absolute atomic E-state index is 0.138. The van der Waals surface area contributed by atoms with E-state index in [1.165, 1.54) is 0 Å². The van der Waals surface area contributed by atoms with E-state index in [0.29, 0.717) is 12.4 Å². The maximum absolute atomic E-state index is 11.3.